The highest BCUT2D eigenvalue weighted by Gasteiger charge is 2.37. The number of aliphatic hydroxyl groups excluding tert-OH is 1. The summed E-state index contributed by atoms with van der Waals surface area (Å²) in [5.74, 6) is 1.25. The van der Waals surface area contributed by atoms with Crippen LogP contribution in [0.1, 0.15) is 86.6 Å². The molecule has 4 heterocycles. The lowest BCUT2D eigenvalue weighted by Gasteiger charge is -2.43. The lowest BCUT2D eigenvalue weighted by molar-refractivity contribution is -0.0336. The monoisotopic (exact) mass is 696 g/mol. The number of carbonyl (C=O) groups is 1. The highest BCUT2D eigenvalue weighted by molar-refractivity contribution is 5.87. The van der Waals surface area contributed by atoms with Gasteiger partial charge in [0.05, 0.1) is 24.3 Å². The van der Waals surface area contributed by atoms with Gasteiger partial charge in [0.25, 0.3) is 0 Å². The van der Waals surface area contributed by atoms with Crippen LogP contribution >= 0.6 is 0 Å². The molecular weight excluding hydrogens is 644 g/mol. The molecule has 1 amide bonds. The molecule has 10 heteroatoms. The molecule has 10 nitrogen and oxygen atoms in total. The van der Waals surface area contributed by atoms with Crippen LogP contribution in [0, 0.1) is 5.92 Å². The molecule has 0 saturated carbocycles. The van der Waals surface area contributed by atoms with Crippen molar-refractivity contribution in [3.8, 4) is 11.5 Å². The maximum absolute atomic E-state index is 13.1. The number of phenolic OH excluding ortho intramolecular Hbond substituents is 1. The topological polar surface area (TPSA) is 136 Å². The number of amides is 1. The minimum absolute atomic E-state index is 0.00889. The molecule has 3 fully saturated rings. The summed E-state index contributed by atoms with van der Waals surface area (Å²) >= 11 is 0. The number of alkyl carbamates (subject to hydrolysis) is 1. The average molecular weight is 697 g/mol. The van der Waals surface area contributed by atoms with Gasteiger partial charge in [-0.05, 0) is 92.2 Å². The number of benzene rings is 3. The SMILES string of the molecule is O=C(NC(c1ccccc1)c1cccc(OCCCCCCCCCNC[C@H](O)c2ccc(O)c3[nH]c(=O)ccc23)c1)O[C@H]1CN2CCC1CC2. The Kier molecular flexibility index (Phi) is 13.0. The van der Waals surface area contributed by atoms with E-state index < -0.39 is 6.10 Å². The van der Waals surface area contributed by atoms with Gasteiger partial charge >= 0.3 is 6.09 Å². The van der Waals surface area contributed by atoms with Gasteiger partial charge in [-0.25, -0.2) is 4.79 Å². The number of aliphatic hydroxyl groups is 1. The van der Waals surface area contributed by atoms with Gasteiger partial charge in [-0.3, -0.25) is 9.69 Å². The number of rotatable bonds is 18. The van der Waals surface area contributed by atoms with Gasteiger partial charge in [0.15, 0.2) is 0 Å². The molecule has 0 spiro atoms. The number of fused-ring (bicyclic) bond motifs is 4. The molecule has 1 unspecified atom stereocenters. The maximum atomic E-state index is 13.1. The summed E-state index contributed by atoms with van der Waals surface area (Å²) < 4.78 is 12.1. The van der Waals surface area contributed by atoms with Crippen LogP contribution in [0.3, 0.4) is 0 Å². The van der Waals surface area contributed by atoms with Crippen LogP contribution in [0.4, 0.5) is 4.79 Å². The van der Waals surface area contributed by atoms with E-state index in [0.717, 1.165) is 88.0 Å². The van der Waals surface area contributed by atoms with Crippen LogP contribution in [0.2, 0.25) is 0 Å². The minimum Gasteiger partial charge on any atom is -0.506 e. The number of carbonyl (C=O) groups excluding carboxylic acids is 1. The molecule has 3 aromatic carbocycles. The summed E-state index contributed by atoms with van der Waals surface area (Å²) in [6, 6.07) is 23.9. The Hall–Kier alpha value is -4.38. The third-order valence-electron chi connectivity index (χ3n) is 10.3. The van der Waals surface area contributed by atoms with Crippen LogP contribution < -0.4 is 20.9 Å². The largest absolute Gasteiger partial charge is 0.506 e. The molecule has 3 aliphatic rings. The molecule has 0 radical (unpaired) electrons. The molecule has 51 heavy (non-hydrogen) atoms. The highest BCUT2D eigenvalue weighted by atomic mass is 16.6. The molecule has 3 saturated heterocycles. The Morgan fingerprint density at radius 1 is 0.882 bits per heavy atom. The number of hydrogen-bond acceptors (Lipinski definition) is 8. The number of hydrogen-bond donors (Lipinski definition) is 5. The number of nitrogens with zero attached hydrogens (tertiary/aromatic N) is 1. The molecular formula is C41H52N4O6. The van der Waals surface area contributed by atoms with E-state index in [4.69, 9.17) is 9.47 Å². The van der Waals surface area contributed by atoms with E-state index in [-0.39, 0.29) is 29.5 Å². The zero-order chi connectivity index (χ0) is 35.4. The second kappa shape index (κ2) is 18.2. The summed E-state index contributed by atoms with van der Waals surface area (Å²) in [7, 11) is 0. The quantitative estimate of drug-likeness (QED) is 0.0737. The van der Waals surface area contributed by atoms with Gasteiger partial charge in [-0.2, -0.15) is 0 Å². The van der Waals surface area contributed by atoms with Crippen molar-refractivity contribution in [3.63, 3.8) is 0 Å². The number of H-pyrrole nitrogens is 1. The fourth-order valence-corrected chi connectivity index (χ4v) is 7.45. The van der Waals surface area contributed by atoms with Crippen molar-refractivity contribution in [1.82, 2.24) is 20.5 Å². The Balaban J connectivity index is 0.860. The summed E-state index contributed by atoms with van der Waals surface area (Å²) in [5, 5.41) is 27.9. The fraction of sp³-hybridized carbons (Fsp3) is 0.463. The molecule has 272 valence electrons. The second-order valence-electron chi connectivity index (χ2n) is 14.0. The molecule has 7 rings (SSSR count). The number of aromatic nitrogens is 1. The van der Waals surface area contributed by atoms with Gasteiger partial charge in [-0.15, -0.1) is 0 Å². The first-order chi connectivity index (χ1) is 24.9. The molecule has 0 aliphatic carbocycles. The number of aromatic hydroxyl groups is 1. The number of pyridine rings is 1. The number of ether oxygens (including phenoxy) is 2. The van der Waals surface area contributed by atoms with Gasteiger partial charge in [0.1, 0.15) is 17.6 Å². The Labute approximate surface area is 300 Å². The zero-order valence-corrected chi connectivity index (χ0v) is 29.4. The van der Waals surface area contributed by atoms with Crippen molar-refractivity contribution < 1.29 is 24.5 Å². The second-order valence-corrected chi connectivity index (χ2v) is 14.0. The van der Waals surface area contributed by atoms with E-state index in [1.165, 1.54) is 25.0 Å². The first kappa shape index (κ1) is 36.4. The van der Waals surface area contributed by atoms with Crippen LogP contribution in [0.25, 0.3) is 10.9 Å². The molecule has 1 aromatic heterocycles. The summed E-state index contributed by atoms with van der Waals surface area (Å²) in [6.45, 7) is 4.90. The smallest absolute Gasteiger partial charge is 0.408 e. The number of phenols is 1. The fourth-order valence-electron chi connectivity index (χ4n) is 7.45. The van der Waals surface area contributed by atoms with Crippen molar-refractivity contribution in [2.75, 3.05) is 39.3 Å². The molecule has 3 atom stereocenters. The van der Waals surface area contributed by atoms with Gasteiger partial charge in [0.2, 0.25) is 5.56 Å². The Morgan fingerprint density at radius 2 is 1.63 bits per heavy atom. The van der Waals surface area contributed by atoms with Crippen LogP contribution in [-0.4, -0.2) is 71.6 Å². The van der Waals surface area contributed by atoms with Crippen molar-refractivity contribution in [1.29, 1.82) is 0 Å². The number of unbranched alkanes of at least 4 members (excludes halogenated alkanes) is 6. The normalized spacial score (nSPS) is 19.4. The first-order valence-electron chi connectivity index (χ1n) is 18.7. The Bertz CT molecular complexity index is 1760. The first-order valence-corrected chi connectivity index (χ1v) is 18.7. The van der Waals surface area contributed by atoms with Gasteiger partial charge < -0.3 is 35.3 Å². The predicted molar refractivity (Wildman–Crippen MR) is 199 cm³/mol. The zero-order valence-electron chi connectivity index (χ0n) is 29.4. The average Bonchev–Trinajstić information content (AvgIpc) is 3.15. The van der Waals surface area contributed by atoms with Crippen molar-refractivity contribution >= 4 is 17.0 Å². The summed E-state index contributed by atoms with van der Waals surface area (Å²) in [5.41, 5.74) is 2.68. The van der Waals surface area contributed by atoms with Crippen molar-refractivity contribution in [2.45, 2.75) is 76.0 Å². The maximum Gasteiger partial charge on any atom is 0.408 e. The molecule has 3 aliphatic heterocycles. The number of aromatic amines is 1. The minimum atomic E-state index is -0.742. The standard InChI is InChI=1S/C41H52N4O6/c46-35-18-16-33(34-17-19-38(48)43-40(34)35)36(47)27-42-22-9-4-2-1-3-5-10-25-50-32-15-11-14-31(26-32)39(30-12-7-6-8-13-30)44-41(49)51-37-28-45-23-20-29(37)21-24-45/h6-8,11-19,26,29,36-37,39,42,46-47H,1-5,9-10,20-25,27-28H2,(H,43,48)(H,44,49)/t36-,37-,39?/m0/s1. The molecule has 5 N–H and O–H groups in total. The third-order valence-corrected chi connectivity index (χ3v) is 10.3. The van der Waals surface area contributed by atoms with E-state index in [0.29, 0.717) is 35.5 Å². The van der Waals surface area contributed by atoms with Gasteiger partial charge in [0, 0.05) is 24.5 Å². The van der Waals surface area contributed by atoms with E-state index in [1.54, 1.807) is 12.1 Å². The van der Waals surface area contributed by atoms with E-state index in [2.05, 4.69) is 20.5 Å². The lowest BCUT2D eigenvalue weighted by Crippen LogP contribution is -2.52. The third kappa shape index (κ3) is 10.1. The molecule has 4 aromatic rings. The van der Waals surface area contributed by atoms with E-state index in [9.17, 15) is 19.8 Å². The van der Waals surface area contributed by atoms with E-state index in [1.807, 2.05) is 54.6 Å². The Morgan fingerprint density at radius 3 is 2.39 bits per heavy atom. The summed E-state index contributed by atoms with van der Waals surface area (Å²) in [6.07, 6.45) is 8.79. The van der Waals surface area contributed by atoms with Crippen LogP contribution in [0.5, 0.6) is 11.5 Å². The van der Waals surface area contributed by atoms with Gasteiger partial charge in [-0.1, -0.05) is 80.6 Å². The van der Waals surface area contributed by atoms with Crippen molar-refractivity contribution in [3.05, 3.63) is 106 Å². The van der Waals surface area contributed by atoms with E-state index >= 15 is 0 Å². The number of nitrogens with one attached hydrogen (secondary N) is 3. The van der Waals surface area contributed by atoms with Crippen LogP contribution in [-0.2, 0) is 4.74 Å². The highest BCUT2D eigenvalue weighted by Crippen LogP contribution is 2.31. The summed E-state index contributed by atoms with van der Waals surface area (Å²) in [4.78, 5) is 29.8. The number of piperidine rings is 3. The van der Waals surface area contributed by atoms with Crippen molar-refractivity contribution in [2.24, 2.45) is 5.92 Å². The lowest BCUT2D eigenvalue weighted by atomic mass is 9.86. The predicted octanol–water partition coefficient (Wildman–Crippen LogP) is 6.58. The molecule has 2 bridgehead atoms. The van der Waals surface area contributed by atoms with Crippen LogP contribution in [0.15, 0.2) is 83.7 Å².